The first-order valence-electron chi connectivity index (χ1n) is 4.50. The van der Waals surface area contributed by atoms with Gasteiger partial charge >= 0.3 is 11.9 Å². The Morgan fingerprint density at radius 2 is 1.88 bits per heavy atom. The van der Waals surface area contributed by atoms with Crippen LogP contribution in [0.2, 0.25) is 0 Å². The van der Waals surface area contributed by atoms with Gasteiger partial charge in [-0.05, 0) is 18.2 Å². The van der Waals surface area contributed by atoms with Gasteiger partial charge in [0.1, 0.15) is 18.1 Å². The van der Waals surface area contributed by atoms with E-state index in [1.165, 1.54) is 0 Å². The molecular weight excluding hydrogens is 232 g/mol. The number of phenols is 2. The van der Waals surface area contributed by atoms with E-state index < -0.39 is 30.4 Å². The standard InChI is InChI=1S/C10H10O7/c11-5-1-2-7(12)6(3-5)9(10(15)16)17-4-8(13)14/h1-3,9,11-12H,4H2,(H,13,14)(H,15,16). The Morgan fingerprint density at radius 3 is 2.41 bits per heavy atom. The second kappa shape index (κ2) is 5.17. The van der Waals surface area contributed by atoms with Crippen LogP contribution < -0.4 is 0 Å². The van der Waals surface area contributed by atoms with Crippen molar-refractivity contribution in [1.29, 1.82) is 0 Å². The maximum absolute atomic E-state index is 10.9. The van der Waals surface area contributed by atoms with Crippen molar-refractivity contribution in [3.05, 3.63) is 23.8 Å². The largest absolute Gasteiger partial charge is 0.508 e. The molecule has 0 aliphatic carbocycles. The van der Waals surface area contributed by atoms with Gasteiger partial charge < -0.3 is 25.2 Å². The average molecular weight is 242 g/mol. The number of carbonyl (C=O) groups is 2. The third kappa shape index (κ3) is 3.35. The van der Waals surface area contributed by atoms with E-state index >= 15 is 0 Å². The lowest BCUT2D eigenvalue weighted by Crippen LogP contribution is -2.19. The first-order valence-corrected chi connectivity index (χ1v) is 4.50. The fourth-order valence-electron chi connectivity index (χ4n) is 1.20. The Hall–Kier alpha value is -2.28. The zero-order chi connectivity index (χ0) is 13.0. The lowest BCUT2D eigenvalue weighted by Gasteiger charge is -2.14. The molecule has 7 nitrogen and oxygen atoms in total. The minimum Gasteiger partial charge on any atom is -0.508 e. The van der Waals surface area contributed by atoms with Gasteiger partial charge in [0.15, 0.2) is 6.10 Å². The molecule has 17 heavy (non-hydrogen) atoms. The molecule has 0 amide bonds. The van der Waals surface area contributed by atoms with Gasteiger partial charge in [0.2, 0.25) is 0 Å². The Bertz CT molecular complexity index is 440. The summed E-state index contributed by atoms with van der Waals surface area (Å²) >= 11 is 0. The van der Waals surface area contributed by atoms with Crippen LogP contribution in [0.5, 0.6) is 11.5 Å². The van der Waals surface area contributed by atoms with Crippen molar-refractivity contribution in [1.82, 2.24) is 0 Å². The zero-order valence-corrected chi connectivity index (χ0v) is 8.53. The van der Waals surface area contributed by atoms with Gasteiger partial charge in [-0.25, -0.2) is 9.59 Å². The van der Waals surface area contributed by atoms with Crippen LogP contribution in [0, 0.1) is 0 Å². The normalized spacial score (nSPS) is 12.0. The molecule has 0 fully saturated rings. The van der Waals surface area contributed by atoms with Gasteiger partial charge in [-0.1, -0.05) is 0 Å². The summed E-state index contributed by atoms with van der Waals surface area (Å²) in [6, 6.07) is 3.25. The van der Waals surface area contributed by atoms with Crippen LogP contribution >= 0.6 is 0 Å². The third-order valence-electron chi connectivity index (χ3n) is 1.89. The molecule has 1 atom stereocenters. The number of rotatable bonds is 5. The van der Waals surface area contributed by atoms with E-state index in [0.717, 1.165) is 18.2 Å². The van der Waals surface area contributed by atoms with Gasteiger partial charge in [0, 0.05) is 5.56 Å². The Kier molecular flexibility index (Phi) is 3.89. The molecule has 4 N–H and O–H groups in total. The zero-order valence-electron chi connectivity index (χ0n) is 8.53. The number of carboxylic acid groups (broad SMARTS) is 2. The van der Waals surface area contributed by atoms with Crippen molar-refractivity contribution in [3.63, 3.8) is 0 Å². The molecule has 0 aliphatic heterocycles. The Morgan fingerprint density at radius 1 is 1.24 bits per heavy atom. The van der Waals surface area contributed by atoms with Gasteiger partial charge in [0.05, 0.1) is 0 Å². The van der Waals surface area contributed by atoms with Crippen molar-refractivity contribution in [2.24, 2.45) is 0 Å². The van der Waals surface area contributed by atoms with Crippen LogP contribution in [0.15, 0.2) is 18.2 Å². The summed E-state index contributed by atoms with van der Waals surface area (Å²) in [5.74, 6) is -3.47. The molecule has 0 saturated carbocycles. The van der Waals surface area contributed by atoms with Crippen molar-refractivity contribution >= 4 is 11.9 Å². The lowest BCUT2D eigenvalue weighted by atomic mass is 10.1. The summed E-state index contributed by atoms with van der Waals surface area (Å²) in [6.45, 7) is -0.827. The Balaban J connectivity index is 3.00. The summed E-state index contributed by atoms with van der Waals surface area (Å²) in [4.78, 5) is 21.1. The number of benzene rings is 1. The van der Waals surface area contributed by atoms with Crippen LogP contribution in [-0.4, -0.2) is 39.0 Å². The molecule has 0 aliphatic rings. The molecule has 0 bridgehead atoms. The van der Waals surface area contributed by atoms with E-state index in [4.69, 9.17) is 15.3 Å². The molecule has 1 aromatic rings. The predicted molar refractivity (Wildman–Crippen MR) is 53.7 cm³/mol. The van der Waals surface area contributed by atoms with Crippen LogP contribution in [0.3, 0.4) is 0 Å². The van der Waals surface area contributed by atoms with Crippen LogP contribution in [0.25, 0.3) is 0 Å². The number of phenolic OH excluding ortho intramolecular Hbond substituents is 2. The topological polar surface area (TPSA) is 124 Å². The quantitative estimate of drug-likeness (QED) is 0.548. The van der Waals surface area contributed by atoms with E-state index in [-0.39, 0.29) is 11.3 Å². The summed E-state index contributed by atoms with van der Waals surface area (Å²) in [7, 11) is 0. The molecule has 0 heterocycles. The van der Waals surface area contributed by atoms with Crippen molar-refractivity contribution in [2.45, 2.75) is 6.10 Å². The van der Waals surface area contributed by atoms with Gasteiger partial charge in [-0.15, -0.1) is 0 Å². The smallest absolute Gasteiger partial charge is 0.337 e. The summed E-state index contributed by atoms with van der Waals surface area (Å²) < 4.78 is 4.62. The van der Waals surface area contributed by atoms with E-state index in [2.05, 4.69) is 4.74 Å². The van der Waals surface area contributed by atoms with E-state index in [0.29, 0.717) is 0 Å². The van der Waals surface area contributed by atoms with Gasteiger partial charge in [-0.3, -0.25) is 0 Å². The molecule has 92 valence electrons. The highest BCUT2D eigenvalue weighted by Crippen LogP contribution is 2.30. The van der Waals surface area contributed by atoms with Crippen molar-refractivity contribution in [2.75, 3.05) is 6.61 Å². The summed E-state index contributed by atoms with van der Waals surface area (Å²) in [6.07, 6.45) is -1.65. The highest BCUT2D eigenvalue weighted by Gasteiger charge is 2.25. The molecule has 0 spiro atoms. The number of ether oxygens (including phenoxy) is 1. The monoisotopic (exact) mass is 242 g/mol. The molecule has 1 aromatic carbocycles. The molecule has 7 heteroatoms. The summed E-state index contributed by atoms with van der Waals surface area (Å²) in [5.41, 5.74) is -0.209. The van der Waals surface area contributed by atoms with Crippen molar-refractivity contribution in [3.8, 4) is 11.5 Å². The summed E-state index contributed by atoms with van der Waals surface area (Å²) in [5, 5.41) is 35.8. The van der Waals surface area contributed by atoms with E-state index in [1.54, 1.807) is 0 Å². The molecule has 0 saturated heterocycles. The Labute approximate surface area is 95.5 Å². The van der Waals surface area contributed by atoms with E-state index in [9.17, 15) is 14.7 Å². The first-order chi connectivity index (χ1) is 7.91. The minimum absolute atomic E-state index is 0.209. The molecule has 0 aromatic heterocycles. The number of aliphatic carboxylic acids is 2. The van der Waals surface area contributed by atoms with Crippen molar-refractivity contribution < 1.29 is 34.8 Å². The first kappa shape index (κ1) is 12.8. The number of hydrogen-bond donors (Lipinski definition) is 4. The maximum Gasteiger partial charge on any atom is 0.337 e. The number of aromatic hydroxyl groups is 2. The fourth-order valence-corrected chi connectivity index (χ4v) is 1.20. The molecule has 1 unspecified atom stereocenters. The lowest BCUT2D eigenvalue weighted by molar-refractivity contribution is -0.156. The van der Waals surface area contributed by atoms with Crippen LogP contribution in [0.4, 0.5) is 0 Å². The van der Waals surface area contributed by atoms with Crippen LogP contribution in [-0.2, 0) is 14.3 Å². The fraction of sp³-hybridized carbons (Fsp3) is 0.200. The molecule has 1 rings (SSSR count). The van der Waals surface area contributed by atoms with Crippen LogP contribution in [0.1, 0.15) is 11.7 Å². The highest BCUT2D eigenvalue weighted by atomic mass is 16.5. The maximum atomic E-state index is 10.9. The predicted octanol–water partition coefficient (Wildman–Crippen LogP) is 0.325. The minimum atomic E-state index is -1.65. The highest BCUT2D eigenvalue weighted by molar-refractivity contribution is 5.76. The second-order valence-electron chi connectivity index (χ2n) is 3.17. The molecule has 0 radical (unpaired) electrons. The second-order valence-corrected chi connectivity index (χ2v) is 3.17. The third-order valence-corrected chi connectivity index (χ3v) is 1.89. The SMILES string of the molecule is O=C(O)COC(C(=O)O)c1cc(O)ccc1O. The average Bonchev–Trinajstić information content (AvgIpc) is 2.22. The number of carboxylic acids is 2. The number of hydrogen-bond acceptors (Lipinski definition) is 5. The van der Waals surface area contributed by atoms with E-state index in [1.807, 2.05) is 0 Å². The van der Waals surface area contributed by atoms with Gasteiger partial charge in [-0.2, -0.15) is 0 Å². The van der Waals surface area contributed by atoms with Gasteiger partial charge in [0.25, 0.3) is 0 Å². The molecular formula is C10H10O7.